The Bertz CT molecular complexity index is 648. The van der Waals surface area contributed by atoms with Gasteiger partial charge < -0.3 is 19.3 Å². The Morgan fingerprint density at radius 2 is 2.28 bits per heavy atom. The molecule has 2 heterocycles. The van der Waals surface area contributed by atoms with Crippen molar-refractivity contribution in [2.75, 3.05) is 26.3 Å². The third-order valence-electron chi connectivity index (χ3n) is 7.25. The molecule has 5 atom stereocenters. The van der Waals surface area contributed by atoms with Crippen LogP contribution in [0.2, 0.25) is 0 Å². The molecule has 2 bridgehead atoms. The standard InChI is InChI=1S/C21H32N2O2/c1-15-20-5-4-8-22(20)9-10-23(15)12-18(24)14-25-13-16-6-7-17-11-19(16)21(17,2)3/h4-6,8,15,17-19,24H,7,9-14H2,1-3H3/p+1/t15-,17-,18-,19-/m1/s1. The minimum absolute atomic E-state index is 0.384. The molecular weight excluding hydrogens is 312 g/mol. The monoisotopic (exact) mass is 345 g/mol. The molecule has 3 aliphatic carbocycles. The minimum atomic E-state index is -0.384. The van der Waals surface area contributed by atoms with Crippen molar-refractivity contribution < 1.29 is 14.7 Å². The van der Waals surface area contributed by atoms with E-state index in [1.165, 1.54) is 29.0 Å². The molecule has 1 aliphatic heterocycles. The number of quaternary nitrogens is 1. The summed E-state index contributed by atoms with van der Waals surface area (Å²) in [6.07, 6.45) is 6.71. The summed E-state index contributed by atoms with van der Waals surface area (Å²) in [4.78, 5) is 1.46. The van der Waals surface area contributed by atoms with Crippen molar-refractivity contribution in [3.63, 3.8) is 0 Å². The number of aromatic nitrogens is 1. The number of fused-ring (bicyclic) bond motifs is 2. The fourth-order valence-corrected chi connectivity index (χ4v) is 5.31. The lowest BCUT2D eigenvalue weighted by atomic mass is 9.49. The van der Waals surface area contributed by atoms with Gasteiger partial charge in [0.15, 0.2) is 0 Å². The molecule has 4 aliphatic rings. The lowest BCUT2D eigenvalue weighted by Gasteiger charge is -2.56. The van der Waals surface area contributed by atoms with E-state index < -0.39 is 0 Å². The van der Waals surface area contributed by atoms with Gasteiger partial charge in [-0.25, -0.2) is 0 Å². The molecule has 25 heavy (non-hydrogen) atoms. The van der Waals surface area contributed by atoms with Crippen LogP contribution in [0.25, 0.3) is 0 Å². The molecule has 1 saturated carbocycles. The summed E-state index contributed by atoms with van der Waals surface area (Å²) in [5, 5.41) is 10.5. The molecule has 1 aromatic heterocycles. The van der Waals surface area contributed by atoms with Gasteiger partial charge in [0.1, 0.15) is 18.7 Å². The van der Waals surface area contributed by atoms with Crippen molar-refractivity contribution in [2.45, 2.75) is 52.3 Å². The summed E-state index contributed by atoms with van der Waals surface area (Å²) < 4.78 is 8.25. The third kappa shape index (κ3) is 3.09. The van der Waals surface area contributed by atoms with Gasteiger partial charge in [0, 0.05) is 6.20 Å². The summed E-state index contributed by atoms with van der Waals surface area (Å²) >= 11 is 0. The van der Waals surface area contributed by atoms with Crippen molar-refractivity contribution >= 4 is 0 Å². The van der Waals surface area contributed by atoms with Crippen molar-refractivity contribution in [2.24, 2.45) is 17.3 Å². The number of allylic oxidation sites excluding steroid dienone is 1. The number of aliphatic hydroxyl groups is 1. The molecule has 0 aromatic carbocycles. The number of nitrogens with zero attached hydrogens (tertiary/aromatic N) is 1. The molecule has 1 aromatic rings. The Hall–Kier alpha value is -1.10. The van der Waals surface area contributed by atoms with Crippen LogP contribution in [0.1, 0.15) is 45.3 Å². The molecular formula is C21H33N2O2+. The zero-order chi connectivity index (χ0) is 17.6. The summed E-state index contributed by atoms with van der Waals surface area (Å²) in [6.45, 7) is 11.1. The smallest absolute Gasteiger partial charge is 0.126 e. The Kier molecular flexibility index (Phi) is 4.55. The van der Waals surface area contributed by atoms with Crippen LogP contribution in [0.4, 0.5) is 0 Å². The van der Waals surface area contributed by atoms with E-state index in [4.69, 9.17) is 4.74 Å². The first-order valence-electron chi connectivity index (χ1n) is 9.91. The summed E-state index contributed by atoms with van der Waals surface area (Å²) in [7, 11) is 0. The fourth-order valence-electron chi connectivity index (χ4n) is 5.31. The topological polar surface area (TPSA) is 38.8 Å². The van der Waals surface area contributed by atoms with Crippen LogP contribution in [-0.4, -0.2) is 42.1 Å². The van der Waals surface area contributed by atoms with Gasteiger partial charge in [0.05, 0.1) is 32.0 Å². The van der Waals surface area contributed by atoms with Crippen molar-refractivity contribution in [1.82, 2.24) is 4.57 Å². The van der Waals surface area contributed by atoms with Gasteiger partial charge >= 0.3 is 0 Å². The second-order valence-electron chi connectivity index (χ2n) is 8.95. The Morgan fingerprint density at radius 3 is 3.04 bits per heavy atom. The molecule has 0 radical (unpaired) electrons. The quantitative estimate of drug-likeness (QED) is 0.772. The van der Waals surface area contributed by atoms with E-state index in [1.807, 2.05) is 0 Å². The van der Waals surface area contributed by atoms with Crippen molar-refractivity contribution in [1.29, 1.82) is 0 Å². The molecule has 0 saturated heterocycles. The SMILES string of the molecule is C[C@@H]1c2cccn2CC[NH+]1C[C@@H](O)COCC1=CC[C@@H]2C[C@H]1C2(C)C. The van der Waals surface area contributed by atoms with Crippen molar-refractivity contribution in [3.05, 3.63) is 35.7 Å². The number of hydrogen-bond acceptors (Lipinski definition) is 2. The summed E-state index contributed by atoms with van der Waals surface area (Å²) in [6, 6.07) is 4.77. The number of ether oxygens (including phenoxy) is 1. The van der Waals surface area contributed by atoms with E-state index in [-0.39, 0.29) is 6.10 Å². The molecule has 138 valence electrons. The highest BCUT2D eigenvalue weighted by Crippen LogP contribution is 2.59. The number of nitrogens with one attached hydrogen (secondary N) is 1. The lowest BCUT2D eigenvalue weighted by Crippen LogP contribution is -3.14. The first-order valence-corrected chi connectivity index (χ1v) is 9.91. The van der Waals surface area contributed by atoms with Gasteiger partial charge in [-0.1, -0.05) is 19.9 Å². The van der Waals surface area contributed by atoms with Gasteiger partial charge in [-0.15, -0.1) is 0 Å². The Morgan fingerprint density at radius 1 is 1.44 bits per heavy atom. The second-order valence-corrected chi connectivity index (χ2v) is 8.95. The third-order valence-corrected chi connectivity index (χ3v) is 7.25. The average molecular weight is 346 g/mol. The van der Waals surface area contributed by atoms with E-state index in [1.54, 1.807) is 0 Å². The van der Waals surface area contributed by atoms with Crippen LogP contribution in [0.5, 0.6) is 0 Å². The predicted molar refractivity (Wildman–Crippen MR) is 98.4 cm³/mol. The summed E-state index contributed by atoms with van der Waals surface area (Å²) in [5.41, 5.74) is 3.30. The van der Waals surface area contributed by atoms with E-state index in [0.717, 1.165) is 25.6 Å². The van der Waals surface area contributed by atoms with Gasteiger partial charge in [-0.05, 0) is 54.7 Å². The summed E-state index contributed by atoms with van der Waals surface area (Å²) in [5.74, 6) is 1.57. The van der Waals surface area contributed by atoms with Gasteiger partial charge in [0.25, 0.3) is 0 Å². The molecule has 1 fully saturated rings. The van der Waals surface area contributed by atoms with Gasteiger partial charge in [-0.3, -0.25) is 0 Å². The zero-order valence-electron chi connectivity index (χ0n) is 15.9. The van der Waals surface area contributed by atoms with Crippen LogP contribution < -0.4 is 4.90 Å². The maximum Gasteiger partial charge on any atom is 0.126 e. The van der Waals surface area contributed by atoms with Crippen LogP contribution >= 0.6 is 0 Å². The lowest BCUT2D eigenvalue weighted by molar-refractivity contribution is -0.937. The second kappa shape index (κ2) is 6.57. The van der Waals surface area contributed by atoms with E-state index >= 15 is 0 Å². The number of hydrogen-bond donors (Lipinski definition) is 2. The molecule has 2 N–H and O–H groups in total. The van der Waals surface area contributed by atoms with Crippen LogP contribution in [-0.2, 0) is 11.3 Å². The highest BCUT2D eigenvalue weighted by atomic mass is 16.5. The number of aliphatic hydroxyl groups excluding tert-OH is 1. The zero-order valence-corrected chi connectivity index (χ0v) is 15.9. The van der Waals surface area contributed by atoms with Crippen LogP contribution in [0, 0.1) is 17.3 Å². The molecule has 4 nitrogen and oxygen atoms in total. The highest BCUT2D eigenvalue weighted by Gasteiger charge is 2.50. The van der Waals surface area contributed by atoms with Gasteiger partial charge in [-0.2, -0.15) is 0 Å². The maximum atomic E-state index is 10.5. The predicted octanol–water partition coefficient (Wildman–Crippen LogP) is 1.82. The average Bonchev–Trinajstić information content (AvgIpc) is 3.07. The molecule has 1 unspecified atom stereocenters. The molecule has 4 heteroatoms. The molecule has 5 rings (SSSR count). The van der Waals surface area contributed by atoms with Crippen LogP contribution in [0.3, 0.4) is 0 Å². The largest absolute Gasteiger partial charge is 0.385 e. The van der Waals surface area contributed by atoms with E-state index in [9.17, 15) is 5.11 Å². The number of rotatable bonds is 6. The molecule has 0 spiro atoms. The normalized spacial score (nSPS) is 34.0. The minimum Gasteiger partial charge on any atom is -0.385 e. The molecule has 0 amide bonds. The highest BCUT2D eigenvalue weighted by molar-refractivity contribution is 5.23. The maximum absolute atomic E-state index is 10.5. The first-order chi connectivity index (χ1) is 12.0. The fraction of sp³-hybridized carbons (Fsp3) is 0.714. The van der Waals surface area contributed by atoms with Crippen LogP contribution in [0.15, 0.2) is 30.0 Å². The van der Waals surface area contributed by atoms with E-state index in [2.05, 4.69) is 49.7 Å². The Labute approximate surface area is 151 Å². The first kappa shape index (κ1) is 17.3. The van der Waals surface area contributed by atoms with Gasteiger partial charge in [0.2, 0.25) is 0 Å². The van der Waals surface area contributed by atoms with E-state index in [0.29, 0.717) is 30.6 Å². The Balaban J connectivity index is 1.24. The van der Waals surface area contributed by atoms with Crippen molar-refractivity contribution in [3.8, 4) is 0 Å².